The van der Waals surface area contributed by atoms with Crippen LogP contribution in [0, 0.1) is 0 Å². The van der Waals surface area contributed by atoms with Gasteiger partial charge in [-0.15, -0.1) is 11.8 Å². The molecule has 0 fully saturated rings. The van der Waals surface area contributed by atoms with Gasteiger partial charge in [-0.05, 0) is 37.6 Å². The van der Waals surface area contributed by atoms with Crippen LogP contribution in [0.3, 0.4) is 0 Å². The van der Waals surface area contributed by atoms with Gasteiger partial charge in [0.05, 0.1) is 0 Å². The van der Waals surface area contributed by atoms with E-state index in [2.05, 4.69) is 0 Å². The zero-order valence-corrected chi connectivity index (χ0v) is 9.67. The third-order valence-corrected chi connectivity index (χ3v) is 3.77. The fraction of sp³-hybridized carbons (Fsp3) is 0.364. The van der Waals surface area contributed by atoms with E-state index in [9.17, 15) is 4.79 Å². The maximum absolute atomic E-state index is 11.1. The highest BCUT2D eigenvalue weighted by molar-refractivity contribution is 8.01. The summed E-state index contributed by atoms with van der Waals surface area (Å²) in [5.41, 5.74) is 6.25. The number of carboxylic acids is 1. The van der Waals surface area contributed by atoms with Crippen LogP contribution in [0.25, 0.3) is 0 Å². The second kappa shape index (κ2) is 4.57. The van der Waals surface area contributed by atoms with Gasteiger partial charge in [0.2, 0.25) is 0 Å². The molecule has 0 aliphatic carbocycles. The van der Waals surface area contributed by atoms with Crippen LogP contribution in [-0.4, -0.2) is 15.8 Å². The van der Waals surface area contributed by atoms with Crippen molar-refractivity contribution >= 4 is 23.4 Å². The van der Waals surface area contributed by atoms with Crippen molar-refractivity contribution in [2.75, 3.05) is 5.73 Å². The monoisotopic (exact) mass is 225 g/mol. The van der Waals surface area contributed by atoms with E-state index in [-0.39, 0.29) is 0 Å². The molecule has 0 radical (unpaired) electrons. The summed E-state index contributed by atoms with van der Waals surface area (Å²) in [5.74, 6) is -0.785. The molecule has 1 aromatic carbocycles. The predicted molar refractivity (Wildman–Crippen MR) is 63.0 cm³/mol. The third kappa shape index (κ3) is 2.89. The Bertz CT molecular complexity index is 350. The van der Waals surface area contributed by atoms with E-state index in [0.29, 0.717) is 12.1 Å². The van der Waals surface area contributed by atoms with E-state index in [4.69, 9.17) is 10.8 Å². The molecule has 0 heterocycles. The maximum Gasteiger partial charge on any atom is 0.319 e. The first-order valence-electron chi connectivity index (χ1n) is 4.76. The van der Waals surface area contributed by atoms with E-state index >= 15 is 0 Å². The fourth-order valence-corrected chi connectivity index (χ4v) is 2.09. The van der Waals surface area contributed by atoms with E-state index in [1.54, 1.807) is 19.1 Å². The topological polar surface area (TPSA) is 63.3 Å². The summed E-state index contributed by atoms with van der Waals surface area (Å²) in [7, 11) is 0. The summed E-state index contributed by atoms with van der Waals surface area (Å²) >= 11 is 1.35. The molecule has 0 aliphatic rings. The Morgan fingerprint density at radius 3 is 2.40 bits per heavy atom. The molecule has 0 saturated carbocycles. The number of nitrogens with two attached hydrogens (primary N) is 1. The van der Waals surface area contributed by atoms with Crippen LogP contribution in [0.4, 0.5) is 5.69 Å². The molecular weight excluding hydrogens is 210 g/mol. The van der Waals surface area contributed by atoms with Crippen molar-refractivity contribution in [1.82, 2.24) is 0 Å². The number of carboxylic acid groups (broad SMARTS) is 1. The Morgan fingerprint density at radius 1 is 1.47 bits per heavy atom. The van der Waals surface area contributed by atoms with E-state index in [1.807, 2.05) is 19.1 Å². The van der Waals surface area contributed by atoms with Crippen molar-refractivity contribution in [3.8, 4) is 0 Å². The molecule has 0 aliphatic heterocycles. The smallest absolute Gasteiger partial charge is 0.319 e. The molecule has 82 valence electrons. The van der Waals surface area contributed by atoms with Crippen molar-refractivity contribution in [3.63, 3.8) is 0 Å². The third-order valence-electron chi connectivity index (χ3n) is 2.35. The SMILES string of the molecule is CCC(C)(Sc1ccc(N)cc1)C(=O)O. The molecule has 1 unspecified atom stereocenters. The van der Waals surface area contributed by atoms with Crippen molar-refractivity contribution in [1.29, 1.82) is 0 Å². The molecule has 4 heteroatoms. The first kappa shape index (κ1) is 11.9. The summed E-state index contributed by atoms with van der Waals surface area (Å²) in [4.78, 5) is 12.0. The molecule has 0 aromatic heterocycles. The molecule has 3 nitrogen and oxygen atoms in total. The molecule has 0 amide bonds. The summed E-state index contributed by atoms with van der Waals surface area (Å²) < 4.78 is -0.768. The van der Waals surface area contributed by atoms with Gasteiger partial charge in [0.15, 0.2) is 0 Å². The Balaban J connectivity index is 2.84. The van der Waals surface area contributed by atoms with Crippen LogP contribution < -0.4 is 5.73 Å². The summed E-state index contributed by atoms with van der Waals surface area (Å²) in [6.07, 6.45) is 0.581. The van der Waals surface area contributed by atoms with Gasteiger partial charge in [0.1, 0.15) is 4.75 Å². The number of anilines is 1. The first-order valence-corrected chi connectivity index (χ1v) is 5.57. The summed E-state index contributed by atoms with van der Waals surface area (Å²) in [5, 5.41) is 9.10. The Kier molecular flexibility index (Phi) is 3.63. The minimum absolute atomic E-state index is 0.581. The molecule has 1 atom stereocenters. The lowest BCUT2D eigenvalue weighted by atomic mass is 10.1. The highest BCUT2D eigenvalue weighted by Crippen LogP contribution is 2.35. The molecule has 0 spiro atoms. The number of aliphatic carboxylic acids is 1. The van der Waals surface area contributed by atoms with Crippen molar-refractivity contribution in [2.24, 2.45) is 0 Å². The van der Waals surface area contributed by atoms with E-state index in [0.717, 1.165) is 4.90 Å². The van der Waals surface area contributed by atoms with Crippen molar-refractivity contribution in [2.45, 2.75) is 29.9 Å². The quantitative estimate of drug-likeness (QED) is 0.610. The van der Waals surface area contributed by atoms with E-state index in [1.165, 1.54) is 11.8 Å². The zero-order valence-electron chi connectivity index (χ0n) is 8.86. The molecular formula is C11H15NO2S. The lowest BCUT2D eigenvalue weighted by Gasteiger charge is -2.22. The van der Waals surface area contributed by atoms with Crippen molar-refractivity contribution < 1.29 is 9.90 Å². The van der Waals surface area contributed by atoms with E-state index < -0.39 is 10.7 Å². The summed E-state index contributed by atoms with van der Waals surface area (Å²) in [6.45, 7) is 3.61. The van der Waals surface area contributed by atoms with Crippen LogP contribution in [0.15, 0.2) is 29.2 Å². The van der Waals surface area contributed by atoms with Gasteiger partial charge in [0.25, 0.3) is 0 Å². The normalized spacial score (nSPS) is 14.5. The van der Waals surface area contributed by atoms with Crippen LogP contribution >= 0.6 is 11.8 Å². The van der Waals surface area contributed by atoms with Gasteiger partial charge in [-0.3, -0.25) is 4.79 Å². The van der Waals surface area contributed by atoms with Gasteiger partial charge in [-0.25, -0.2) is 0 Å². The molecule has 3 N–H and O–H groups in total. The summed E-state index contributed by atoms with van der Waals surface area (Å²) in [6, 6.07) is 7.24. The first-order chi connectivity index (χ1) is 6.98. The number of carbonyl (C=O) groups is 1. The largest absolute Gasteiger partial charge is 0.480 e. The maximum atomic E-state index is 11.1. The van der Waals surface area contributed by atoms with Crippen LogP contribution in [-0.2, 0) is 4.79 Å². The second-order valence-electron chi connectivity index (χ2n) is 3.56. The Morgan fingerprint density at radius 2 is 2.00 bits per heavy atom. The zero-order chi connectivity index (χ0) is 11.5. The molecule has 15 heavy (non-hydrogen) atoms. The van der Waals surface area contributed by atoms with Gasteiger partial charge in [-0.1, -0.05) is 6.92 Å². The Labute approximate surface area is 93.7 Å². The fourth-order valence-electron chi connectivity index (χ4n) is 1.06. The molecule has 1 aromatic rings. The minimum Gasteiger partial charge on any atom is -0.480 e. The number of rotatable bonds is 4. The van der Waals surface area contributed by atoms with Crippen LogP contribution in [0.1, 0.15) is 20.3 Å². The average Bonchev–Trinajstić information content (AvgIpc) is 2.21. The molecule has 0 bridgehead atoms. The van der Waals surface area contributed by atoms with Crippen LogP contribution in [0.5, 0.6) is 0 Å². The highest BCUT2D eigenvalue weighted by atomic mass is 32.2. The lowest BCUT2D eigenvalue weighted by Crippen LogP contribution is -2.30. The lowest BCUT2D eigenvalue weighted by molar-refractivity contribution is -0.139. The highest BCUT2D eigenvalue weighted by Gasteiger charge is 2.32. The predicted octanol–water partition coefficient (Wildman–Crippen LogP) is 2.61. The number of thioether (sulfide) groups is 1. The van der Waals surface area contributed by atoms with Gasteiger partial charge >= 0.3 is 5.97 Å². The standard InChI is InChI=1S/C11H15NO2S/c1-3-11(2,10(13)14)15-9-6-4-8(12)5-7-9/h4-7H,3,12H2,1-2H3,(H,13,14). The molecule has 1 rings (SSSR count). The van der Waals surface area contributed by atoms with Crippen molar-refractivity contribution in [3.05, 3.63) is 24.3 Å². The van der Waals surface area contributed by atoms with Gasteiger partial charge in [-0.2, -0.15) is 0 Å². The molecule has 0 saturated heterocycles. The van der Waals surface area contributed by atoms with Gasteiger partial charge in [0, 0.05) is 10.6 Å². The van der Waals surface area contributed by atoms with Crippen LogP contribution in [0.2, 0.25) is 0 Å². The number of nitrogen functional groups attached to an aromatic ring is 1. The number of hydrogen-bond donors (Lipinski definition) is 2. The number of benzene rings is 1. The second-order valence-corrected chi connectivity index (χ2v) is 5.14. The Hall–Kier alpha value is -1.16. The minimum atomic E-state index is -0.785. The average molecular weight is 225 g/mol. The van der Waals surface area contributed by atoms with Gasteiger partial charge < -0.3 is 10.8 Å². The number of hydrogen-bond acceptors (Lipinski definition) is 3.